The molecule has 1 aromatic rings. The molecule has 0 radical (unpaired) electrons. The second-order valence-electron chi connectivity index (χ2n) is 2.40. The standard InChI is InChI=1S/C7H5F2IN2O2/c8-5(9)4-2(7(13)14)1-3(10)12-6(4)11/h1,5H,(H2,11,12)(H,13,14). The highest BCUT2D eigenvalue weighted by atomic mass is 127. The van der Waals surface area contributed by atoms with Crippen molar-refractivity contribution < 1.29 is 18.7 Å². The van der Waals surface area contributed by atoms with E-state index < -0.39 is 29.3 Å². The molecule has 0 amide bonds. The number of aromatic carboxylic acids is 1. The minimum Gasteiger partial charge on any atom is -0.478 e. The molecule has 0 saturated carbocycles. The van der Waals surface area contributed by atoms with E-state index in [9.17, 15) is 13.6 Å². The van der Waals surface area contributed by atoms with E-state index in [1.54, 1.807) is 22.6 Å². The summed E-state index contributed by atoms with van der Waals surface area (Å²) < 4.78 is 25.1. The maximum atomic E-state index is 12.4. The zero-order valence-corrected chi connectivity index (χ0v) is 8.83. The molecule has 3 N–H and O–H groups in total. The number of hydrogen-bond acceptors (Lipinski definition) is 3. The van der Waals surface area contributed by atoms with Gasteiger partial charge in [0.15, 0.2) is 0 Å². The van der Waals surface area contributed by atoms with Gasteiger partial charge in [0.1, 0.15) is 9.52 Å². The number of carboxylic acids is 1. The van der Waals surface area contributed by atoms with Crippen LogP contribution >= 0.6 is 22.6 Å². The molecule has 7 heteroatoms. The maximum absolute atomic E-state index is 12.4. The van der Waals surface area contributed by atoms with Crippen LogP contribution in [0.2, 0.25) is 0 Å². The minimum atomic E-state index is -2.94. The van der Waals surface area contributed by atoms with E-state index in [1.165, 1.54) is 0 Å². The minimum absolute atomic E-state index is 0.266. The van der Waals surface area contributed by atoms with Crippen molar-refractivity contribution in [2.24, 2.45) is 0 Å². The number of aromatic nitrogens is 1. The van der Waals surface area contributed by atoms with Crippen molar-refractivity contribution in [3.63, 3.8) is 0 Å². The van der Waals surface area contributed by atoms with Gasteiger partial charge in [-0.05, 0) is 28.7 Å². The Labute approximate surface area is 91.3 Å². The van der Waals surface area contributed by atoms with Crippen LogP contribution in [0.3, 0.4) is 0 Å². The van der Waals surface area contributed by atoms with Crippen molar-refractivity contribution in [2.75, 3.05) is 5.73 Å². The Kier molecular flexibility index (Phi) is 3.19. The number of alkyl halides is 2. The molecule has 0 aliphatic heterocycles. The topological polar surface area (TPSA) is 76.2 Å². The summed E-state index contributed by atoms with van der Waals surface area (Å²) >= 11 is 1.71. The van der Waals surface area contributed by atoms with Crippen molar-refractivity contribution in [1.82, 2.24) is 4.98 Å². The van der Waals surface area contributed by atoms with Gasteiger partial charge >= 0.3 is 5.97 Å². The van der Waals surface area contributed by atoms with Crippen LogP contribution in [-0.4, -0.2) is 16.1 Å². The fraction of sp³-hybridized carbons (Fsp3) is 0.143. The van der Waals surface area contributed by atoms with Crippen molar-refractivity contribution in [1.29, 1.82) is 0 Å². The molecule has 0 unspecified atom stereocenters. The monoisotopic (exact) mass is 314 g/mol. The zero-order chi connectivity index (χ0) is 10.9. The number of carboxylic acid groups (broad SMARTS) is 1. The fourth-order valence-corrected chi connectivity index (χ4v) is 1.52. The second kappa shape index (κ2) is 4.03. The number of halogens is 3. The van der Waals surface area contributed by atoms with Crippen LogP contribution in [0.5, 0.6) is 0 Å². The van der Waals surface area contributed by atoms with Gasteiger partial charge in [0.25, 0.3) is 6.43 Å². The molecule has 0 bridgehead atoms. The van der Waals surface area contributed by atoms with Gasteiger partial charge in [-0.1, -0.05) is 0 Å². The fourth-order valence-electron chi connectivity index (χ4n) is 0.949. The number of nitrogens with two attached hydrogens (primary N) is 1. The Hall–Kier alpha value is -0.990. The van der Waals surface area contributed by atoms with Crippen LogP contribution in [-0.2, 0) is 0 Å². The first-order valence-electron chi connectivity index (χ1n) is 3.41. The lowest BCUT2D eigenvalue weighted by atomic mass is 10.1. The first-order chi connectivity index (χ1) is 6.43. The molecule has 1 heterocycles. The molecule has 0 spiro atoms. The highest BCUT2D eigenvalue weighted by Crippen LogP contribution is 2.28. The third kappa shape index (κ3) is 2.08. The first-order valence-corrected chi connectivity index (χ1v) is 4.48. The average Bonchev–Trinajstić information content (AvgIpc) is 2.01. The van der Waals surface area contributed by atoms with Crippen molar-refractivity contribution in [3.05, 3.63) is 20.9 Å². The third-order valence-electron chi connectivity index (χ3n) is 1.51. The van der Waals surface area contributed by atoms with Gasteiger partial charge < -0.3 is 10.8 Å². The molecule has 0 fully saturated rings. The van der Waals surface area contributed by atoms with Gasteiger partial charge in [0, 0.05) is 0 Å². The van der Waals surface area contributed by atoms with Crippen molar-refractivity contribution in [2.45, 2.75) is 6.43 Å². The highest BCUT2D eigenvalue weighted by Gasteiger charge is 2.22. The molecule has 1 aromatic heterocycles. The number of anilines is 1. The molecule has 0 aliphatic carbocycles. The van der Waals surface area contributed by atoms with Crippen LogP contribution in [0.15, 0.2) is 6.07 Å². The summed E-state index contributed by atoms with van der Waals surface area (Å²) in [5.74, 6) is -1.88. The Balaban J connectivity index is 3.44. The van der Waals surface area contributed by atoms with E-state index in [2.05, 4.69) is 4.98 Å². The Morgan fingerprint density at radius 3 is 2.64 bits per heavy atom. The van der Waals surface area contributed by atoms with Gasteiger partial charge in [-0.2, -0.15) is 0 Å². The van der Waals surface area contributed by atoms with Crippen LogP contribution < -0.4 is 5.73 Å². The summed E-state index contributed by atoms with van der Waals surface area (Å²) in [4.78, 5) is 14.2. The maximum Gasteiger partial charge on any atom is 0.336 e. The lowest BCUT2D eigenvalue weighted by Gasteiger charge is -2.07. The number of pyridine rings is 1. The molecular weight excluding hydrogens is 309 g/mol. The van der Waals surface area contributed by atoms with E-state index in [1.807, 2.05) is 0 Å². The smallest absolute Gasteiger partial charge is 0.336 e. The highest BCUT2D eigenvalue weighted by molar-refractivity contribution is 14.1. The van der Waals surface area contributed by atoms with E-state index in [-0.39, 0.29) is 3.70 Å². The van der Waals surface area contributed by atoms with Crippen molar-refractivity contribution >= 4 is 34.4 Å². The average molecular weight is 314 g/mol. The van der Waals surface area contributed by atoms with Crippen LogP contribution in [0, 0.1) is 3.70 Å². The van der Waals surface area contributed by atoms with Crippen LogP contribution in [0.4, 0.5) is 14.6 Å². The normalized spacial score (nSPS) is 10.6. The number of carbonyl (C=O) groups is 1. The molecule has 1 rings (SSSR count). The van der Waals surface area contributed by atoms with Crippen LogP contribution in [0.25, 0.3) is 0 Å². The lowest BCUT2D eigenvalue weighted by molar-refractivity contribution is 0.0684. The summed E-state index contributed by atoms with van der Waals surface area (Å²) in [5.41, 5.74) is 3.97. The van der Waals surface area contributed by atoms with Gasteiger partial charge in [-0.3, -0.25) is 0 Å². The summed E-state index contributed by atoms with van der Waals surface area (Å²) in [6.45, 7) is 0. The van der Waals surface area contributed by atoms with Gasteiger partial charge in [0.2, 0.25) is 0 Å². The molecule has 0 saturated heterocycles. The third-order valence-corrected chi connectivity index (χ3v) is 2.06. The Morgan fingerprint density at radius 1 is 1.64 bits per heavy atom. The van der Waals surface area contributed by atoms with E-state index in [4.69, 9.17) is 10.8 Å². The predicted molar refractivity (Wildman–Crippen MR) is 53.3 cm³/mol. The van der Waals surface area contributed by atoms with E-state index >= 15 is 0 Å². The molecular formula is C7H5F2IN2O2. The zero-order valence-electron chi connectivity index (χ0n) is 6.67. The van der Waals surface area contributed by atoms with Crippen molar-refractivity contribution in [3.8, 4) is 0 Å². The Morgan fingerprint density at radius 2 is 2.21 bits per heavy atom. The quantitative estimate of drug-likeness (QED) is 0.646. The predicted octanol–water partition coefficient (Wildman–Crippen LogP) is 1.90. The molecule has 76 valence electrons. The summed E-state index contributed by atoms with van der Waals surface area (Å²) in [5, 5.41) is 8.64. The van der Waals surface area contributed by atoms with E-state index in [0.29, 0.717) is 0 Å². The van der Waals surface area contributed by atoms with Gasteiger partial charge in [-0.15, -0.1) is 0 Å². The Bertz CT molecular complexity index is 384. The molecule has 0 aromatic carbocycles. The van der Waals surface area contributed by atoms with Gasteiger partial charge in [-0.25, -0.2) is 18.6 Å². The number of nitrogens with zero attached hydrogens (tertiary/aromatic N) is 1. The number of nitrogen functional groups attached to an aromatic ring is 1. The number of rotatable bonds is 2. The lowest BCUT2D eigenvalue weighted by Crippen LogP contribution is -2.09. The van der Waals surface area contributed by atoms with Crippen LogP contribution in [0.1, 0.15) is 22.3 Å². The van der Waals surface area contributed by atoms with Gasteiger partial charge in [0.05, 0.1) is 11.1 Å². The SMILES string of the molecule is Nc1nc(I)cc(C(=O)O)c1C(F)F. The summed E-state index contributed by atoms with van der Waals surface area (Å²) in [7, 11) is 0. The summed E-state index contributed by atoms with van der Waals surface area (Å²) in [6.07, 6.45) is -2.94. The molecule has 0 atom stereocenters. The summed E-state index contributed by atoms with van der Waals surface area (Å²) in [6, 6.07) is 1.06. The molecule has 14 heavy (non-hydrogen) atoms. The first kappa shape index (κ1) is 11.1. The molecule has 0 aliphatic rings. The molecule has 4 nitrogen and oxygen atoms in total. The second-order valence-corrected chi connectivity index (χ2v) is 3.50. The van der Waals surface area contributed by atoms with E-state index in [0.717, 1.165) is 6.07 Å². The largest absolute Gasteiger partial charge is 0.478 e. The number of hydrogen-bond donors (Lipinski definition) is 2.